The molecule has 1 saturated heterocycles. The number of unbranched alkanes of at least 4 members (excludes halogenated alkanes) is 6. The molecule has 0 saturated carbocycles. The number of aliphatic hydroxyl groups excluding tert-OH is 2. The number of aldehydes is 1. The van der Waals surface area contributed by atoms with Crippen molar-refractivity contribution in [3.05, 3.63) is 12.3 Å². The average molecular weight is 386 g/mol. The molecule has 1 fully saturated rings. The number of carbonyl (C=O) groups is 2. The third-order valence-electron chi connectivity index (χ3n) is 4.60. The number of rotatable bonds is 13. The first-order valence-electron chi connectivity index (χ1n) is 9.78. The highest BCUT2D eigenvalue weighted by Gasteiger charge is 2.47. The van der Waals surface area contributed by atoms with Crippen molar-refractivity contribution in [3.63, 3.8) is 0 Å². The molecule has 27 heavy (non-hydrogen) atoms. The van der Waals surface area contributed by atoms with E-state index in [9.17, 15) is 19.8 Å². The molecule has 8 heteroatoms. The van der Waals surface area contributed by atoms with Crippen LogP contribution < -0.4 is 5.32 Å². The molecule has 1 heterocycles. The lowest BCUT2D eigenvalue weighted by Gasteiger charge is -2.27. The van der Waals surface area contributed by atoms with Crippen LogP contribution in [0.25, 0.3) is 0 Å². The fourth-order valence-electron chi connectivity index (χ4n) is 3.11. The smallest absolute Gasteiger partial charge is 0.323 e. The SMILES string of the molecule is CCCCCCCCCO[C@H]1[C@@H](O)[C@H](N(/C=C\C=O)C(=O)NC)O[C@@H]1CO. The van der Waals surface area contributed by atoms with E-state index < -0.39 is 30.6 Å². The summed E-state index contributed by atoms with van der Waals surface area (Å²) in [6, 6.07) is -0.540. The number of hydrogen-bond acceptors (Lipinski definition) is 6. The summed E-state index contributed by atoms with van der Waals surface area (Å²) in [5.74, 6) is 0. The Balaban J connectivity index is 2.54. The minimum atomic E-state index is -1.14. The van der Waals surface area contributed by atoms with E-state index in [1.807, 2.05) is 0 Å². The molecule has 8 nitrogen and oxygen atoms in total. The third kappa shape index (κ3) is 7.57. The van der Waals surface area contributed by atoms with Crippen molar-refractivity contribution in [2.24, 2.45) is 0 Å². The number of aliphatic hydroxyl groups is 2. The zero-order valence-corrected chi connectivity index (χ0v) is 16.4. The maximum absolute atomic E-state index is 12.0. The zero-order valence-electron chi connectivity index (χ0n) is 16.4. The quantitative estimate of drug-likeness (QED) is 0.252. The average Bonchev–Trinajstić information content (AvgIpc) is 2.99. The van der Waals surface area contributed by atoms with E-state index in [2.05, 4.69) is 12.2 Å². The number of nitrogens with one attached hydrogen (secondary N) is 1. The van der Waals surface area contributed by atoms with Crippen molar-refractivity contribution in [3.8, 4) is 0 Å². The number of ether oxygens (including phenoxy) is 2. The van der Waals surface area contributed by atoms with Crippen LogP contribution in [0.3, 0.4) is 0 Å². The van der Waals surface area contributed by atoms with Crippen LogP contribution in [0.4, 0.5) is 4.79 Å². The van der Waals surface area contributed by atoms with Crippen molar-refractivity contribution >= 4 is 12.3 Å². The number of hydrogen-bond donors (Lipinski definition) is 3. The predicted molar refractivity (Wildman–Crippen MR) is 101 cm³/mol. The molecule has 0 bridgehead atoms. The Morgan fingerprint density at radius 2 is 1.89 bits per heavy atom. The molecule has 1 aliphatic rings. The highest BCUT2D eigenvalue weighted by Crippen LogP contribution is 2.27. The molecule has 0 aromatic rings. The normalized spacial score (nSPS) is 25.0. The first-order chi connectivity index (χ1) is 13.1. The minimum absolute atomic E-state index is 0.339. The summed E-state index contributed by atoms with van der Waals surface area (Å²) < 4.78 is 11.4. The van der Waals surface area contributed by atoms with Crippen LogP contribution in [-0.4, -0.2) is 72.2 Å². The molecule has 156 valence electrons. The van der Waals surface area contributed by atoms with E-state index in [-0.39, 0.29) is 6.61 Å². The lowest BCUT2D eigenvalue weighted by Crippen LogP contribution is -2.48. The molecule has 0 unspecified atom stereocenters. The molecular formula is C19H34N2O6. The van der Waals surface area contributed by atoms with Crippen LogP contribution in [0, 0.1) is 0 Å². The van der Waals surface area contributed by atoms with Gasteiger partial charge < -0.3 is 25.0 Å². The number of urea groups is 1. The third-order valence-corrected chi connectivity index (χ3v) is 4.60. The van der Waals surface area contributed by atoms with Crippen molar-refractivity contribution in [1.29, 1.82) is 0 Å². The standard InChI is InChI=1S/C19H34N2O6/c1-3-4-5-6-7-8-9-13-26-17-15(14-23)27-18(16(17)24)21(11-10-12-22)19(25)20-2/h10-12,15-18,23-24H,3-9,13-14H2,1-2H3,(H,20,25)/b11-10-/t15-,16-,17-,18-/m1/s1. The molecule has 0 aromatic carbocycles. The summed E-state index contributed by atoms with van der Waals surface area (Å²) in [4.78, 5) is 23.7. The molecule has 1 aliphatic heterocycles. The Morgan fingerprint density at radius 3 is 2.48 bits per heavy atom. The Bertz CT molecular complexity index is 459. The van der Waals surface area contributed by atoms with Gasteiger partial charge in [-0.25, -0.2) is 4.79 Å². The van der Waals surface area contributed by atoms with E-state index >= 15 is 0 Å². The van der Waals surface area contributed by atoms with Crippen molar-refractivity contribution < 1.29 is 29.3 Å². The van der Waals surface area contributed by atoms with Gasteiger partial charge in [0.05, 0.1) is 6.61 Å². The molecule has 0 aliphatic carbocycles. The van der Waals surface area contributed by atoms with Crippen molar-refractivity contribution in [2.75, 3.05) is 20.3 Å². The van der Waals surface area contributed by atoms with E-state index in [1.165, 1.54) is 38.9 Å². The highest BCUT2D eigenvalue weighted by molar-refractivity contribution is 5.76. The fourth-order valence-corrected chi connectivity index (χ4v) is 3.11. The first-order valence-corrected chi connectivity index (χ1v) is 9.78. The maximum Gasteiger partial charge on any atom is 0.323 e. The van der Waals surface area contributed by atoms with Gasteiger partial charge in [0.15, 0.2) is 6.23 Å². The summed E-state index contributed by atoms with van der Waals surface area (Å²) in [6.07, 6.45) is 7.24. The molecule has 0 spiro atoms. The summed E-state index contributed by atoms with van der Waals surface area (Å²) in [7, 11) is 1.43. The number of carbonyl (C=O) groups excluding carboxylic acids is 2. The van der Waals surface area contributed by atoms with Crippen molar-refractivity contribution in [1.82, 2.24) is 10.2 Å². The molecule has 3 N–H and O–H groups in total. The second-order valence-corrected chi connectivity index (χ2v) is 6.64. The van der Waals surface area contributed by atoms with E-state index in [0.717, 1.165) is 30.2 Å². The van der Waals surface area contributed by atoms with Gasteiger partial charge >= 0.3 is 6.03 Å². The molecule has 0 aromatic heterocycles. The maximum atomic E-state index is 12.0. The Morgan fingerprint density at radius 1 is 1.22 bits per heavy atom. The van der Waals surface area contributed by atoms with E-state index in [0.29, 0.717) is 12.9 Å². The van der Waals surface area contributed by atoms with Crippen LogP contribution in [0.1, 0.15) is 51.9 Å². The van der Waals surface area contributed by atoms with Crippen LogP contribution in [-0.2, 0) is 14.3 Å². The molecule has 2 amide bonds. The van der Waals surface area contributed by atoms with Crippen molar-refractivity contribution in [2.45, 2.75) is 76.4 Å². The van der Waals surface area contributed by atoms with Gasteiger partial charge in [0.1, 0.15) is 24.6 Å². The van der Waals surface area contributed by atoms with Crippen LogP contribution >= 0.6 is 0 Å². The second-order valence-electron chi connectivity index (χ2n) is 6.64. The van der Waals surface area contributed by atoms with Gasteiger partial charge in [-0.05, 0) is 12.5 Å². The Labute approximate surface area is 161 Å². The van der Waals surface area contributed by atoms with Gasteiger partial charge in [0, 0.05) is 19.9 Å². The van der Waals surface area contributed by atoms with Gasteiger partial charge in [-0.15, -0.1) is 0 Å². The minimum Gasteiger partial charge on any atom is -0.394 e. The number of amides is 2. The lowest BCUT2D eigenvalue weighted by atomic mass is 10.1. The van der Waals surface area contributed by atoms with Gasteiger partial charge in [-0.2, -0.15) is 0 Å². The lowest BCUT2D eigenvalue weighted by molar-refractivity contribution is -0.104. The Hall–Kier alpha value is -1.48. The summed E-state index contributed by atoms with van der Waals surface area (Å²) in [5.41, 5.74) is 0. The van der Waals surface area contributed by atoms with Gasteiger partial charge in [-0.3, -0.25) is 9.69 Å². The molecule has 0 radical (unpaired) electrons. The van der Waals surface area contributed by atoms with Crippen LogP contribution in [0.2, 0.25) is 0 Å². The van der Waals surface area contributed by atoms with E-state index in [1.54, 1.807) is 0 Å². The highest BCUT2D eigenvalue weighted by atomic mass is 16.6. The Kier molecular flexibility index (Phi) is 11.9. The van der Waals surface area contributed by atoms with Gasteiger partial charge in [-0.1, -0.05) is 45.4 Å². The summed E-state index contributed by atoms with van der Waals surface area (Å²) in [5, 5.41) is 22.5. The van der Waals surface area contributed by atoms with Gasteiger partial charge in [0.2, 0.25) is 0 Å². The molecule has 4 atom stereocenters. The largest absolute Gasteiger partial charge is 0.394 e. The zero-order chi connectivity index (χ0) is 20.1. The van der Waals surface area contributed by atoms with Crippen LogP contribution in [0.5, 0.6) is 0 Å². The number of nitrogens with zero attached hydrogens (tertiary/aromatic N) is 1. The van der Waals surface area contributed by atoms with Crippen LogP contribution in [0.15, 0.2) is 12.3 Å². The molecule has 1 rings (SSSR count). The first kappa shape index (κ1) is 23.6. The van der Waals surface area contributed by atoms with E-state index in [4.69, 9.17) is 9.47 Å². The van der Waals surface area contributed by atoms with Gasteiger partial charge in [0.25, 0.3) is 0 Å². The summed E-state index contributed by atoms with van der Waals surface area (Å²) in [6.45, 7) is 2.30. The monoisotopic (exact) mass is 386 g/mol. The fraction of sp³-hybridized carbons (Fsp3) is 0.789. The topological polar surface area (TPSA) is 108 Å². The number of allylic oxidation sites excluding steroid dienone is 1. The predicted octanol–water partition coefficient (Wildman–Crippen LogP) is 1.55. The second kappa shape index (κ2) is 13.7. The molecular weight excluding hydrogens is 352 g/mol. The summed E-state index contributed by atoms with van der Waals surface area (Å²) >= 11 is 0.